The zero-order valence-electron chi connectivity index (χ0n) is 6.58. The molecule has 80 valence electrons. The molecule has 13 heavy (non-hydrogen) atoms. The highest BCUT2D eigenvalue weighted by Crippen LogP contribution is 2.41. The van der Waals surface area contributed by atoms with Crippen LogP contribution in [-0.4, -0.2) is 23.6 Å². The predicted octanol–water partition coefficient (Wildman–Crippen LogP) is 2.50. The molecule has 1 atom stereocenters. The predicted molar refractivity (Wildman–Crippen MR) is 31.9 cm³/mol. The number of hydrogen-bond donors (Lipinski definition) is 1. The van der Waals surface area contributed by atoms with E-state index < -0.39 is 30.8 Å². The van der Waals surface area contributed by atoms with Crippen LogP contribution in [0.2, 0.25) is 0 Å². The first-order valence-corrected chi connectivity index (χ1v) is 3.42. The Balaban J connectivity index is 4.78. The van der Waals surface area contributed by atoms with Gasteiger partial charge in [0, 0.05) is 0 Å². The minimum Gasteiger partial charge on any atom is -0.392 e. The summed E-state index contributed by atoms with van der Waals surface area (Å²) in [4.78, 5) is 0. The van der Waals surface area contributed by atoms with Crippen molar-refractivity contribution in [1.82, 2.24) is 0 Å². The third-order valence-electron chi connectivity index (χ3n) is 1.51. The molecule has 0 aromatic heterocycles. The van der Waals surface area contributed by atoms with Gasteiger partial charge < -0.3 is 5.11 Å². The molecule has 0 heterocycles. The van der Waals surface area contributed by atoms with Crippen LogP contribution in [0.4, 0.5) is 26.3 Å². The van der Waals surface area contributed by atoms with Gasteiger partial charge in [0.2, 0.25) is 0 Å². The van der Waals surface area contributed by atoms with Crippen molar-refractivity contribution in [2.75, 3.05) is 0 Å². The molecule has 1 N–H and O–H groups in total. The lowest BCUT2D eigenvalue weighted by Gasteiger charge is -2.26. The Hall–Kier alpha value is -0.460. The third kappa shape index (κ3) is 3.41. The molecular weight excluding hydrogens is 202 g/mol. The van der Waals surface area contributed by atoms with E-state index in [4.69, 9.17) is 5.11 Å². The van der Waals surface area contributed by atoms with E-state index in [9.17, 15) is 26.3 Å². The van der Waals surface area contributed by atoms with Crippen LogP contribution in [0, 0.1) is 5.92 Å². The fourth-order valence-electron chi connectivity index (χ4n) is 0.858. The SMILES string of the molecule is CCC(O)C(C(F)(F)F)C(F)(F)F. The Bertz CT molecular complexity index is 145. The molecule has 0 fully saturated rings. The summed E-state index contributed by atoms with van der Waals surface area (Å²) in [6.45, 7) is 1.05. The van der Waals surface area contributed by atoms with Crippen molar-refractivity contribution in [3.05, 3.63) is 0 Å². The van der Waals surface area contributed by atoms with E-state index in [0.717, 1.165) is 6.92 Å². The van der Waals surface area contributed by atoms with Crippen molar-refractivity contribution in [2.24, 2.45) is 5.92 Å². The normalized spacial score (nSPS) is 16.4. The van der Waals surface area contributed by atoms with Crippen molar-refractivity contribution in [1.29, 1.82) is 0 Å². The Morgan fingerprint density at radius 3 is 1.38 bits per heavy atom. The summed E-state index contributed by atoms with van der Waals surface area (Å²) in [7, 11) is 0. The summed E-state index contributed by atoms with van der Waals surface area (Å²) in [6, 6.07) is 0. The van der Waals surface area contributed by atoms with Gasteiger partial charge in [-0.25, -0.2) is 0 Å². The zero-order valence-corrected chi connectivity index (χ0v) is 6.58. The van der Waals surface area contributed by atoms with Crippen LogP contribution in [0.3, 0.4) is 0 Å². The highest BCUT2D eigenvalue weighted by atomic mass is 19.4. The van der Waals surface area contributed by atoms with Crippen LogP contribution >= 0.6 is 0 Å². The number of hydrogen-bond acceptors (Lipinski definition) is 1. The average Bonchev–Trinajstić information content (AvgIpc) is 1.80. The summed E-state index contributed by atoms with van der Waals surface area (Å²) < 4.78 is 70.6. The van der Waals surface area contributed by atoms with E-state index in [1.807, 2.05) is 0 Å². The summed E-state index contributed by atoms with van der Waals surface area (Å²) in [6.07, 6.45) is -13.9. The molecule has 0 spiro atoms. The fourth-order valence-corrected chi connectivity index (χ4v) is 0.858. The minimum atomic E-state index is -5.45. The van der Waals surface area contributed by atoms with Gasteiger partial charge in [0.05, 0.1) is 6.10 Å². The molecule has 0 saturated carbocycles. The van der Waals surface area contributed by atoms with Crippen LogP contribution in [0.1, 0.15) is 13.3 Å². The van der Waals surface area contributed by atoms with Crippen LogP contribution < -0.4 is 0 Å². The summed E-state index contributed by atoms with van der Waals surface area (Å²) in [5, 5.41) is 8.55. The van der Waals surface area contributed by atoms with Gasteiger partial charge in [0.25, 0.3) is 0 Å². The molecule has 0 aliphatic carbocycles. The molecule has 0 saturated heterocycles. The maximum absolute atomic E-state index is 11.8. The molecule has 1 unspecified atom stereocenters. The first kappa shape index (κ1) is 12.5. The van der Waals surface area contributed by atoms with Crippen molar-refractivity contribution in [2.45, 2.75) is 31.8 Å². The van der Waals surface area contributed by atoms with Gasteiger partial charge >= 0.3 is 12.4 Å². The minimum absolute atomic E-state index is 0.594. The van der Waals surface area contributed by atoms with E-state index in [2.05, 4.69) is 0 Å². The second kappa shape index (κ2) is 3.73. The molecule has 0 aliphatic rings. The molecule has 0 aliphatic heterocycles. The van der Waals surface area contributed by atoms with Crippen LogP contribution in [0.15, 0.2) is 0 Å². The molecule has 0 amide bonds. The lowest BCUT2D eigenvalue weighted by atomic mass is 9.99. The summed E-state index contributed by atoms with van der Waals surface area (Å²) in [5.41, 5.74) is 0. The number of aliphatic hydroxyl groups excluding tert-OH is 1. The molecule has 0 bridgehead atoms. The highest BCUT2D eigenvalue weighted by molar-refractivity contribution is 4.81. The van der Waals surface area contributed by atoms with Gasteiger partial charge in [-0.15, -0.1) is 0 Å². The molecule has 0 aromatic rings. The second-order valence-electron chi connectivity index (χ2n) is 2.54. The quantitative estimate of drug-likeness (QED) is 0.694. The average molecular weight is 210 g/mol. The monoisotopic (exact) mass is 210 g/mol. The number of alkyl halides is 6. The van der Waals surface area contributed by atoms with Crippen molar-refractivity contribution < 1.29 is 31.4 Å². The van der Waals surface area contributed by atoms with Gasteiger partial charge in [0.1, 0.15) is 0 Å². The molecule has 0 aromatic carbocycles. The molecule has 0 radical (unpaired) electrons. The maximum atomic E-state index is 11.8. The number of halogens is 6. The fraction of sp³-hybridized carbons (Fsp3) is 1.00. The van der Waals surface area contributed by atoms with Crippen molar-refractivity contribution in [3.63, 3.8) is 0 Å². The smallest absolute Gasteiger partial charge is 0.392 e. The van der Waals surface area contributed by atoms with Gasteiger partial charge in [-0.05, 0) is 6.42 Å². The number of aliphatic hydroxyl groups is 1. The van der Waals surface area contributed by atoms with Crippen LogP contribution in [-0.2, 0) is 0 Å². The van der Waals surface area contributed by atoms with E-state index in [1.54, 1.807) is 0 Å². The number of rotatable bonds is 2. The first-order chi connectivity index (χ1) is 5.60. The second-order valence-corrected chi connectivity index (χ2v) is 2.54. The molecule has 1 nitrogen and oxygen atoms in total. The Morgan fingerprint density at radius 2 is 1.31 bits per heavy atom. The van der Waals surface area contributed by atoms with Crippen LogP contribution in [0.25, 0.3) is 0 Å². The van der Waals surface area contributed by atoms with Gasteiger partial charge in [-0.3, -0.25) is 0 Å². The standard InChI is InChI=1S/C6H8F6O/c1-2-3(13)4(5(7,8)9)6(10,11)12/h3-4,13H,2H2,1H3. The Labute approximate surface area is 70.4 Å². The van der Waals surface area contributed by atoms with Crippen molar-refractivity contribution in [3.8, 4) is 0 Å². The summed E-state index contributed by atoms with van der Waals surface area (Å²) in [5.74, 6) is -3.65. The third-order valence-corrected chi connectivity index (χ3v) is 1.51. The lowest BCUT2D eigenvalue weighted by molar-refractivity contribution is -0.306. The van der Waals surface area contributed by atoms with E-state index in [0.29, 0.717) is 0 Å². The molecule has 7 heteroatoms. The molecule has 0 rings (SSSR count). The van der Waals surface area contributed by atoms with Gasteiger partial charge in [-0.2, -0.15) is 26.3 Å². The Morgan fingerprint density at radius 1 is 1.00 bits per heavy atom. The lowest BCUT2D eigenvalue weighted by Crippen LogP contribution is -2.44. The maximum Gasteiger partial charge on any atom is 0.403 e. The molecular formula is C6H8F6O. The first-order valence-electron chi connectivity index (χ1n) is 3.42. The van der Waals surface area contributed by atoms with E-state index in [1.165, 1.54) is 0 Å². The highest BCUT2D eigenvalue weighted by Gasteiger charge is 2.59. The largest absolute Gasteiger partial charge is 0.403 e. The Kier molecular flexibility index (Phi) is 3.60. The zero-order chi connectivity index (χ0) is 10.9. The van der Waals surface area contributed by atoms with Gasteiger partial charge in [-0.1, -0.05) is 6.92 Å². The van der Waals surface area contributed by atoms with Crippen molar-refractivity contribution >= 4 is 0 Å². The topological polar surface area (TPSA) is 20.2 Å². The van der Waals surface area contributed by atoms with E-state index in [-0.39, 0.29) is 0 Å². The van der Waals surface area contributed by atoms with Gasteiger partial charge in [0.15, 0.2) is 5.92 Å². The van der Waals surface area contributed by atoms with Crippen LogP contribution in [0.5, 0.6) is 0 Å². The summed E-state index contributed by atoms with van der Waals surface area (Å²) >= 11 is 0. The van der Waals surface area contributed by atoms with E-state index >= 15 is 0 Å².